The summed E-state index contributed by atoms with van der Waals surface area (Å²) in [7, 11) is 1.34. The van der Waals surface area contributed by atoms with Crippen LogP contribution in [0.25, 0.3) is 0 Å². The zero-order valence-electron chi connectivity index (χ0n) is 26.4. The Morgan fingerprint density at radius 2 is 1.70 bits per heavy atom. The van der Waals surface area contributed by atoms with Gasteiger partial charge in [-0.15, -0.1) is 0 Å². The predicted molar refractivity (Wildman–Crippen MR) is 165 cm³/mol. The van der Waals surface area contributed by atoms with Crippen LogP contribution in [0.2, 0.25) is 0 Å². The molecule has 0 radical (unpaired) electrons. The number of imidazole rings is 1. The minimum atomic E-state index is -1.40. The van der Waals surface area contributed by atoms with E-state index in [1.54, 1.807) is 31.2 Å². The van der Waals surface area contributed by atoms with Crippen LogP contribution >= 0.6 is 0 Å². The molecular formula is C31H42N8O7. The highest BCUT2D eigenvalue weighted by molar-refractivity contribution is 5.98. The fourth-order valence-corrected chi connectivity index (χ4v) is 5.69. The van der Waals surface area contributed by atoms with Crippen molar-refractivity contribution in [3.8, 4) is 0 Å². The number of carbonyl (C=O) groups is 6. The minimum Gasteiger partial charge on any atom is -0.394 e. The first-order chi connectivity index (χ1) is 21.9. The van der Waals surface area contributed by atoms with Gasteiger partial charge in [0.2, 0.25) is 29.5 Å². The van der Waals surface area contributed by atoms with Crippen molar-refractivity contribution in [2.24, 2.45) is 5.92 Å². The van der Waals surface area contributed by atoms with E-state index < -0.39 is 78.8 Å². The van der Waals surface area contributed by atoms with Gasteiger partial charge in [0.05, 0.1) is 13.2 Å². The first kappa shape index (κ1) is 34.1. The summed E-state index contributed by atoms with van der Waals surface area (Å²) in [5.74, 6) is -3.73. The van der Waals surface area contributed by atoms with Crippen LogP contribution in [0, 0.1) is 12.8 Å². The summed E-state index contributed by atoms with van der Waals surface area (Å²) >= 11 is 0. The Kier molecular flexibility index (Phi) is 11.1. The third kappa shape index (κ3) is 8.47. The van der Waals surface area contributed by atoms with Crippen molar-refractivity contribution in [2.75, 3.05) is 26.7 Å². The van der Waals surface area contributed by atoms with Gasteiger partial charge in [-0.3, -0.25) is 28.8 Å². The van der Waals surface area contributed by atoms with Gasteiger partial charge in [-0.25, -0.2) is 4.98 Å². The molecule has 3 heterocycles. The van der Waals surface area contributed by atoms with Crippen molar-refractivity contribution < 1.29 is 33.9 Å². The van der Waals surface area contributed by atoms with Crippen LogP contribution in [0.15, 0.2) is 36.5 Å². The number of aromatic amines is 1. The number of aryl methyl sites for hydroxylation is 1. The maximum absolute atomic E-state index is 14.3. The zero-order valence-corrected chi connectivity index (χ0v) is 26.4. The number of aromatic nitrogens is 2. The second-order valence-electron chi connectivity index (χ2n) is 12.3. The van der Waals surface area contributed by atoms with Crippen LogP contribution in [0.4, 0.5) is 0 Å². The monoisotopic (exact) mass is 638 g/mol. The summed E-state index contributed by atoms with van der Waals surface area (Å²) < 4.78 is 0. The van der Waals surface area contributed by atoms with E-state index >= 15 is 0 Å². The fraction of sp³-hybridized carbons (Fsp3) is 0.516. The van der Waals surface area contributed by atoms with Gasteiger partial charge >= 0.3 is 0 Å². The van der Waals surface area contributed by atoms with E-state index in [0.29, 0.717) is 5.69 Å². The molecule has 4 rings (SSSR count). The van der Waals surface area contributed by atoms with Crippen molar-refractivity contribution in [3.63, 3.8) is 0 Å². The Balaban J connectivity index is 1.71. The lowest BCUT2D eigenvalue weighted by Gasteiger charge is -2.30. The Morgan fingerprint density at radius 1 is 1.00 bits per heavy atom. The number of hydrogen-bond acceptors (Lipinski definition) is 8. The third-order valence-corrected chi connectivity index (χ3v) is 7.95. The van der Waals surface area contributed by atoms with Crippen molar-refractivity contribution in [2.45, 2.75) is 70.2 Å². The number of H-pyrrole nitrogens is 1. The highest BCUT2D eigenvalue weighted by Crippen LogP contribution is 2.22. The number of rotatable bonds is 7. The van der Waals surface area contributed by atoms with Gasteiger partial charge in [-0.1, -0.05) is 44.2 Å². The predicted octanol–water partition coefficient (Wildman–Crippen LogP) is -1.38. The molecule has 2 aliphatic heterocycles. The van der Waals surface area contributed by atoms with E-state index in [1.165, 1.54) is 18.1 Å². The normalized spacial score (nSPS) is 24.9. The second-order valence-corrected chi connectivity index (χ2v) is 12.3. The number of benzene rings is 1. The van der Waals surface area contributed by atoms with Crippen LogP contribution in [-0.4, -0.2) is 117 Å². The highest BCUT2D eigenvalue weighted by atomic mass is 16.3. The van der Waals surface area contributed by atoms with E-state index in [2.05, 4.69) is 31.2 Å². The number of carbonyl (C=O) groups excluding carboxylic acids is 6. The Hall–Kier alpha value is -4.79. The standard InChI is InChI=1S/C31H42N8O7/c1-17(2)10-21-27(42)36-22(11-19-8-6-5-7-9-19)31(46)39-14-20(34-29(44)26-32-13-18(3)33-26)12-24(39)28(43)37-23(16-40)30(45)38(4)15-25(41)35-21/h5-9,13,17,20-24,40H,10-12,14-16H2,1-4H3,(H,32,33)(H,34,44)(H,35,41)(H,36,42)(H,37,43)/t20-,21-,22-,23-,24-/m0/s1. The Bertz CT molecular complexity index is 1450. The molecule has 6 N–H and O–H groups in total. The molecule has 2 fully saturated rings. The summed E-state index contributed by atoms with van der Waals surface area (Å²) in [6.45, 7) is 4.24. The van der Waals surface area contributed by atoms with Gasteiger partial charge in [0.15, 0.2) is 5.82 Å². The molecule has 5 atom stereocenters. The number of hydrogen-bond donors (Lipinski definition) is 6. The van der Waals surface area contributed by atoms with Crippen LogP contribution in [0.3, 0.4) is 0 Å². The average Bonchev–Trinajstić information content (AvgIpc) is 3.64. The van der Waals surface area contributed by atoms with Crippen molar-refractivity contribution in [1.82, 2.24) is 41.0 Å². The number of amides is 6. The van der Waals surface area contributed by atoms with Gasteiger partial charge in [-0.2, -0.15) is 0 Å². The molecule has 46 heavy (non-hydrogen) atoms. The van der Waals surface area contributed by atoms with Crippen LogP contribution < -0.4 is 21.3 Å². The number of fused-ring (bicyclic) bond motifs is 1. The first-order valence-corrected chi connectivity index (χ1v) is 15.3. The van der Waals surface area contributed by atoms with E-state index in [9.17, 15) is 33.9 Å². The van der Waals surface area contributed by atoms with Gasteiger partial charge < -0.3 is 41.2 Å². The summed E-state index contributed by atoms with van der Waals surface area (Å²) in [5.41, 5.74) is 1.42. The van der Waals surface area contributed by atoms with Crippen molar-refractivity contribution in [3.05, 3.63) is 53.6 Å². The molecule has 0 spiro atoms. The van der Waals surface area contributed by atoms with E-state index in [-0.39, 0.29) is 37.5 Å². The molecule has 2 aromatic rings. The molecule has 0 unspecified atom stereocenters. The Labute approximate surface area is 266 Å². The van der Waals surface area contributed by atoms with Gasteiger partial charge in [0.1, 0.15) is 24.2 Å². The number of aliphatic hydroxyl groups excluding tert-OH is 1. The maximum Gasteiger partial charge on any atom is 0.287 e. The average molecular weight is 639 g/mol. The SMILES string of the molecule is Cc1cnc(C(=O)N[C@H]2C[C@H]3C(=O)N[C@@H](CO)C(=O)N(C)CC(=O)N[C@@H](CC(C)C)C(=O)N[C@@H](Cc4ccccc4)C(=O)N3C2)[nH]1. The number of aliphatic hydroxyl groups is 1. The molecule has 248 valence electrons. The molecule has 1 aromatic carbocycles. The maximum atomic E-state index is 14.3. The van der Waals surface area contributed by atoms with Crippen LogP contribution in [0.5, 0.6) is 0 Å². The lowest BCUT2D eigenvalue weighted by molar-refractivity contribution is -0.143. The fourth-order valence-electron chi connectivity index (χ4n) is 5.69. The first-order valence-electron chi connectivity index (χ1n) is 15.3. The number of nitrogens with one attached hydrogen (secondary N) is 5. The quantitative estimate of drug-likeness (QED) is 0.213. The van der Waals surface area contributed by atoms with Gasteiger partial charge in [-0.05, 0) is 31.2 Å². The molecule has 0 aliphatic carbocycles. The van der Waals surface area contributed by atoms with Crippen LogP contribution in [0.1, 0.15) is 48.6 Å². The third-order valence-electron chi connectivity index (χ3n) is 7.95. The Morgan fingerprint density at radius 3 is 2.33 bits per heavy atom. The van der Waals surface area contributed by atoms with Crippen molar-refractivity contribution >= 4 is 35.4 Å². The smallest absolute Gasteiger partial charge is 0.287 e. The molecule has 0 bridgehead atoms. The molecule has 0 saturated carbocycles. The molecule has 2 aliphatic rings. The summed E-state index contributed by atoms with van der Waals surface area (Å²) in [6, 6.07) is 3.63. The molecule has 15 nitrogen and oxygen atoms in total. The minimum absolute atomic E-state index is 0.00674. The van der Waals surface area contributed by atoms with E-state index in [4.69, 9.17) is 0 Å². The topological polar surface area (TPSA) is 206 Å². The van der Waals surface area contributed by atoms with Crippen LogP contribution in [-0.2, 0) is 30.4 Å². The van der Waals surface area contributed by atoms with Gasteiger partial charge in [0, 0.05) is 37.9 Å². The van der Waals surface area contributed by atoms with Crippen molar-refractivity contribution in [1.29, 1.82) is 0 Å². The largest absolute Gasteiger partial charge is 0.394 e. The molecule has 2 saturated heterocycles. The lowest BCUT2D eigenvalue weighted by Crippen LogP contribution is -2.58. The zero-order chi connectivity index (χ0) is 33.5. The molecule has 6 amide bonds. The van der Waals surface area contributed by atoms with Gasteiger partial charge in [0.25, 0.3) is 5.91 Å². The van der Waals surface area contributed by atoms with E-state index in [0.717, 1.165) is 10.5 Å². The lowest BCUT2D eigenvalue weighted by atomic mass is 10.0. The highest BCUT2D eigenvalue weighted by Gasteiger charge is 2.44. The summed E-state index contributed by atoms with van der Waals surface area (Å²) in [4.78, 5) is 89.9. The number of likely N-dealkylation sites (N-methyl/N-ethyl adjacent to an activating group) is 1. The second kappa shape index (κ2) is 15.0. The summed E-state index contributed by atoms with van der Waals surface area (Å²) in [5, 5.41) is 20.8. The molecule has 1 aromatic heterocycles. The molecular weight excluding hydrogens is 596 g/mol. The summed E-state index contributed by atoms with van der Waals surface area (Å²) in [6.07, 6.45) is 1.84. The number of nitrogens with zero attached hydrogens (tertiary/aromatic N) is 3. The molecule has 15 heteroatoms. The van der Waals surface area contributed by atoms with E-state index in [1.807, 2.05) is 19.9 Å².